The lowest BCUT2D eigenvalue weighted by atomic mass is 9.92. The molecule has 1 atom stereocenters. The van der Waals surface area contributed by atoms with Crippen LogP contribution in [-0.2, 0) is 6.42 Å². The fourth-order valence-electron chi connectivity index (χ4n) is 2.75. The smallest absolute Gasteiger partial charge is 0.125 e. The van der Waals surface area contributed by atoms with E-state index >= 15 is 0 Å². The highest BCUT2D eigenvalue weighted by atomic mass is 16.5. The molecule has 1 aliphatic carbocycles. The summed E-state index contributed by atoms with van der Waals surface area (Å²) in [5.41, 5.74) is 2.81. The van der Waals surface area contributed by atoms with Gasteiger partial charge in [0.25, 0.3) is 0 Å². The van der Waals surface area contributed by atoms with E-state index in [4.69, 9.17) is 4.74 Å². The van der Waals surface area contributed by atoms with Crippen molar-refractivity contribution in [2.45, 2.75) is 51.0 Å². The Labute approximate surface area is 110 Å². The summed E-state index contributed by atoms with van der Waals surface area (Å²) >= 11 is 0. The molecule has 2 aliphatic rings. The van der Waals surface area contributed by atoms with Gasteiger partial charge in [0.05, 0.1) is 6.61 Å². The molecule has 0 saturated heterocycles. The summed E-state index contributed by atoms with van der Waals surface area (Å²) in [7, 11) is 0. The standard InChI is InChI=1S/C16H23NO/c1-12(9-10-17-14-7-8-14)15-6-2-4-13-5-3-11-18-16(13)15/h2,4,6,12,14,17H,3,5,7-11H2,1H3. The molecule has 0 radical (unpaired) electrons. The normalized spacial score (nSPS) is 20.1. The van der Waals surface area contributed by atoms with E-state index in [1.54, 1.807) is 0 Å². The number of ether oxygens (including phenoxy) is 1. The molecule has 1 N–H and O–H groups in total. The van der Waals surface area contributed by atoms with Crippen LogP contribution >= 0.6 is 0 Å². The second kappa shape index (κ2) is 5.31. The quantitative estimate of drug-likeness (QED) is 0.859. The van der Waals surface area contributed by atoms with Crippen molar-refractivity contribution in [2.24, 2.45) is 0 Å². The van der Waals surface area contributed by atoms with Crippen LogP contribution in [0.4, 0.5) is 0 Å². The lowest BCUT2D eigenvalue weighted by Gasteiger charge is -2.23. The lowest BCUT2D eigenvalue weighted by Crippen LogP contribution is -2.19. The highest BCUT2D eigenvalue weighted by molar-refractivity contribution is 5.44. The van der Waals surface area contributed by atoms with Gasteiger partial charge in [0.2, 0.25) is 0 Å². The molecule has 1 saturated carbocycles. The Morgan fingerprint density at radius 2 is 2.28 bits per heavy atom. The first-order valence-corrected chi connectivity index (χ1v) is 7.32. The number of hydrogen-bond donors (Lipinski definition) is 1. The van der Waals surface area contributed by atoms with Gasteiger partial charge in [-0.3, -0.25) is 0 Å². The molecular weight excluding hydrogens is 222 g/mol. The highest BCUT2D eigenvalue weighted by Gasteiger charge is 2.21. The van der Waals surface area contributed by atoms with Gasteiger partial charge in [-0.1, -0.05) is 25.1 Å². The summed E-state index contributed by atoms with van der Waals surface area (Å²) in [4.78, 5) is 0. The number of hydrogen-bond acceptors (Lipinski definition) is 2. The Hall–Kier alpha value is -1.02. The number of aryl methyl sites for hydroxylation is 1. The van der Waals surface area contributed by atoms with Gasteiger partial charge in [0.15, 0.2) is 0 Å². The zero-order valence-electron chi connectivity index (χ0n) is 11.2. The van der Waals surface area contributed by atoms with Gasteiger partial charge in [0.1, 0.15) is 5.75 Å². The molecule has 2 heteroatoms. The maximum Gasteiger partial charge on any atom is 0.125 e. The van der Waals surface area contributed by atoms with Crippen LogP contribution in [0.3, 0.4) is 0 Å². The monoisotopic (exact) mass is 245 g/mol. The first kappa shape index (κ1) is 12.0. The van der Waals surface area contributed by atoms with Gasteiger partial charge in [-0.25, -0.2) is 0 Å². The van der Waals surface area contributed by atoms with Gasteiger partial charge < -0.3 is 10.1 Å². The van der Waals surface area contributed by atoms with Crippen LogP contribution in [0.15, 0.2) is 18.2 Å². The third kappa shape index (κ3) is 2.69. The molecule has 2 nitrogen and oxygen atoms in total. The zero-order valence-corrected chi connectivity index (χ0v) is 11.2. The Morgan fingerprint density at radius 1 is 1.39 bits per heavy atom. The van der Waals surface area contributed by atoms with E-state index in [9.17, 15) is 0 Å². The fraction of sp³-hybridized carbons (Fsp3) is 0.625. The first-order valence-electron chi connectivity index (χ1n) is 7.32. The number of para-hydroxylation sites is 1. The van der Waals surface area contributed by atoms with E-state index in [1.165, 1.54) is 42.6 Å². The molecule has 1 aromatic carbocycles. The van der Waals surface area contributed by atoms with E-state index in [0.717, 1.165) is 25.6 Å². The summed E-state index contributed by atoms with van der Waals surface area (Å²) in [5, 5.41) is 3.60. The third-order valence-electron chi connectivity index (χ3n) is 4.08. The van der Waals surface area contributed by atoms with Crippen molar-refractivity contribution in [3.8, 4) is 5.75 Å². The van der Waals surface area contributed by atoms with E-state index in [-0.39, 0.29) is 0 Å². The molecular formula is C16H23NO. The molecule has 0 spiro atoms. The number of fused-ring (bicyclic) bond motifs is 1. The Morgan fingerprint density at radius 3 is 3.11 bits per heavy atom. The predicted molar refractivity (Wildman–Crippen MR) is 74.3 cm³/mol. The van der Waals surface area contributed by atoms with Crippen molar-refractivity contribution >= 4 is 0 Å². The molecule has 18 heavy (non-hydrogen) atoms. The van der Waals surface area contributed by atoms with Gasteiger partial charge in [-0.15, -0.1) is 0 Å². The number of nitrogens with one attached hydrogen (secondary N) is 1. The van der Waals surface area contributed by atoms with Crippen LogP contribution in [0.1, 0.15) is 49.7 Å². The van der Waals surface area contributed by atoms with Crippen molar-refractivity contribution in [1.82, 2.24) is 5.32 Å². The summed E-state index contributed by atoms with van der Waals surface area (Å²) in [5.74, 6) is 1.77. The average molecular weight is 245 g/mol. The molecule has 0 bridgehead atoms. The van der Waals surface area contributed by atoms with Crippen LogP contribution in [0.5, 0.6) is 5.75 Å². The molecule has 1 fully saturated rings. The van der Waals surface area contributed by atoms with Gasteiger partial charge in [-0.2, -0.15) is 0 Å². The Balaban J connectivity index is 1.65. The second-order valence-corrected chi connectivity index (χ2v) is 5.71. The van der Waals surface area contributed by atoms with Crippen molar-refractivity contribution in [1.29, 1.82) is 0 Å². The minimum absolute atomic E-state index is 0.587. The predicted octanol–water partition coefficient (Wildman–Crippen LogP) is 3.26. The SMILES string of the molecule is CC(CCNC1CC1)c1cccc2c1OCCC2. The molecule has 0 aromatic heterocycles. The van der Waals surface area contributed by atoms with Crippen molar-refractivity contribution in [3.63, 3.8) is 0 Å². The van der Waals surface area contributed by atoms with E-state index in [0.29, 0.717) is 5.92 Å². The maximum absolute atomic E-state index is 5.90. The largest absolute Gasteiger partial charge is 0.493 e. The van der Waals surface area contributed by atoms with Gasteiger partial charge in [0, 0.05) is 6.04 Å². The number of rotatable bonds is 5. The number of benzene rings is 1. The fourth-order valence-corrected chi connectivity index (χ4v) is 2.75. The molecule has 98 valence electrons. The maximum atomic E-state index is 5.90. The summed E-state index contributed by atoms with van der Waals surface area (Å²) in [6, 6.07) is 7.46. The van der Waals surface area contributed by atoms with E-state index < -0.39 is 0 Å². The lowest BCUT2D eigenvalue weighted by molar-refractivity contribution is 0.283. The average Bonchev–Trinajstić information content (AvgIpc) is 3.22. The summed E-state index contributed by atoms with van der Waals surface area (Å²) < 4.78 is 5.90. The minimum atomic E-state index is 0.587. The third-order valence-corrected chi connectivity index (χ3v) is 4.08. The molecule has 1 heterocycles. The van der Waals surface area contributed by atoms with E-state index in [2.05, 4.69) is 30.4 Å². The minimum Gasteiger partial charge on any atom is -0.493 e. The van der Waals surface area contributed by atoms with Crippen molar-refractivity contribution in [2.75, 3.05) is 13.2 Å². The Kier molecular flexibility index (Phi) is 3.55. The summed E-state index contributed by atoms with van der Waals surface area (Å²) in [6.07, 6.45) is 6.29. The van der Waals surface area contributed by atoms with Crippen LogP contribution in [-0.4, -0.2) is 19.2 Å². The molecule has 3 rings (SSSR count). The highest BCUT2D eigenvalue weighted by Crippen LogP contribution is 2.34. The first-order chi connectivity index (χ1) is 8.84. The topological polar surface area (TPSA) is 21.3 Å². The van der Waals surface area contributed by atoms with Gasteiger partial charge in [-0.05, 0) is 55.7 Å². The molecule has 1 aromatic rings. The van der Waals surface area contributed by atoms with Crippen LogP contribution in [0, 0.1) is 0 Å². The molecule has 1 unspecified atom stereocenters. The zero-order chi connectivity index (χ0) is 12.4. The van der Waals surface area contributed by atoms with Crippen LogP contribution in [0.2, 0.25) is 0 Å². The van der Waals surface area contributed by atoms with Crippen molar-refractivity contribution in [3.05, 3.63) is 29.3 Å². The van der Waals surface area contributed by atoms with Crippen LogP contribution < -0.4 is 10.1 Å². The van der Waals surface area contributed by atoms with E-state index in [1.807, 2.05) is 0 Å². The second-order valence-electron chi connectivity index (χ2n) is 5.71. The summed E-state index contributed by atoms with van der Waals surface area (Å²) in [6.45, 7) is 4.34. The Bertz CT molecular complexity index is 412. The van der Waals surface area contributed by atoms with Gasteiger partial charge >= 0.3 is 0 Å². The molecule has 1 aliphatic heterocycles. The van der Waals surface area contributed by atoms with Crippen LogP contribution in [0.25, 0.3) is 0 Å². The molecule has 0 amide bonds. The van der Waals surface area contributed by atoms with Crippen molar-refractivity contribution < 1.29 is 4.74 Å².